The maximum atomic E-state index is 12.1. The Morgan fingerprint density at radius 1 is 1.27 bits per heavy atom. The van der Waals surface area contributed by atoms with Gasteiger partial charge in [-0.2, -0.15) is 0 Å². The Labute approximate surface area is 140 Å². The summed E-state index contributed by atoms with van der Waals surface area (Å²) in [5.41, 5.74) is 0. The summed E-state index contributed by atoms with van der Waals surface area (Å²) in [6, 6.07) is 7.34. The number of carboxylic acid groups (broad SMARTS) is 1. The molecule has 0 heterocycles. The second-order valence-corrected chi connectivity index (χ2v) is 7.74. The van der Waals surface area contributed by atoms with E-state index in [1.165, 1.54) is 4.90 Å². The van der Waals surface area contributed by atoms with E-state index in [-0.39, 0.29) is 24.9 Å². The van der Waals surface area contributed by atoms with Gasteiger partial charge in [-0.1, -0.05) is 15.9 Å². The molecule has 1 saturated carbocycles. The van der Waals surface area contributed by atoms with Crippen LogP contribution in [0.3, 0.4) is 0 Å². The molecule has 1 N–H and O–H groups in total. The van der Waals surface area contributed by atoms with E-state index in [4.69, 9.17) is 5.11 Å². The molecule has 0 spiro atoms. The van der Waals surface area contributed by atoms with E-state index in [1.54, 1.807) is 12.1 Å². The van der Waals surface area contributed by atoms with Crippen molar-refractivity contribution in [2.24, 2.45) is 0 Å². The zero-order valence-electron chi connectivity index (χ0n) is 12.0. The average molecular weight is 388 g/mol. The molecule has 22 heavy (non-hydrogen) atoms. The molecule has 0 radical (unpaired) electrons. The highest BCUT2D eigenvalue weighted by atomic mass is 79.9. The van der Waals surface area contributed by atoms with E-state index in [0.717, 1.165) is 22.2 Å². The smallest absolute Gasteiger partial charge is 0.323 e. The quantitative estimate of drug-likeness (QED) is 0.742. The van der Waals surface area contributed by atoms with E-state index in [9.17, 15) is 13.8 Å². The highest BCUT2D eigenvalue weighted by Crippen LogP contribution is 2.27. The zero-order chi connectivity index (χ0) is 16.1. The molecule has 0 aliphatic heterocycles. The first-order chi connectivity index (χ1) is 10.5. The molecule has 1 unspecified atom stereocenters. The molecule has 1 atom stereocenters. The van der Waals surface area contributed by atoms with Crippen molar-refractivity contribution in [2.75, 3.05) is 12.3 Å². The van der Waals surface area contributed by atoms with E-state index in [1.807, 2.05) is 12.1 Å². The lowest BCUT2D eigenvalue weighted by atomic mass is 10.3. The van der Waals surface area contributed by atoms with Crippen LogP contribution in [0.4, 0.5) is 0 Å². The lowest BCUT2D eigenvalue weighted by Crippen LogP contribution is -2.37. The van der Waals surface area contributed by atoms with Crippen LogP contribution in [-0.2, 0) is 20.4 Å². The molecule has 2 rings (SSSR count). The number of benzene rings is 1. The van der Waals surface area contributed by atoms with Crippen molar-refractivity contribution < 1.29 is 18.9 Å². The number of rotatable bonds is 8. The standard InChI is InChI=1S/C15H18BrNO4S/c16-11-3-7-13(8-4-11)22(21)9-1-2-14(18)17(10-15(19)20)12-5-6-12/h3-4,7-8,12H,1-2,5-6,9-10H2,(H,19,20). The third kappa shape index (κ3) is 5.21. The van der Waals surface area contributed by atoms with E-state index < -0.39 is 16.8 Å². The van der Waals surface area contributed by atoms with Gasteiger partial charge in [0.25, 0.3) is 0 Å². The Bertz CT molecular complexity index is 571. The Balaban J connectivity index is 1.79. The summed E-state index contributed by atoms with van der Waals surface area (Å²) in [6.45, 7) is -0.237. The van der Waals surface area contributed by atoms with Crippen molar-refractivity contribution in [1.29, 1.82) is 0 Å². The lowest BCUT2D eigenvalue weighted by Gasteiger charge is -2.20. The van der Waals surface area contributed by atoms with Gasteiger partial charge in [-0.25, -0.2) is 0 Å². The number of nitrogens with zero attached hydrogens (tertiary/aromatic N) is 1. The summed E-state index contributed by atoms with van der Waals surface area (Å²) in [6.07, 6.45) is 2.49. The first kappa shape index (κ1) is 17.1. The van der Waals surface area contributed by atoms with Crippen molar-refractivity contribution in [3.63, 3.8) is 0 Å². The predicted octanol–water partition coefficient (Wildman–Crippen LogP) is 2.41. The van der Waals surface area contributed by atoms with E-state index in [0.29, 0.717) is 12.2 Å². The van der Waals surface area contributed by atoms with Gasteiger partial charge in [0.2, 0.25) is 5.91 Å². The van der Waals surface area contributed by atoms with Crippen LogP contribution in [0.1, 0.15) is 25.7 Å². The molecule has 7 heteroatoms. The van der Waals surface area contributed by atoms with Crippen LogP contribution in [0, 0.1) is 0 Å². The van der Waals surface area contributed by atoms with Crippen LogP contribution in [0.15, 0.2) is 33.6 Å². The molecule has 5 nitrogen and oxygen atoms in total. The molecular formula is C15H18BrNO4S. The Hall–Kier alpha value is -1.21. The molecule has 1 aliphatic rings. The van der Waals surface area contributed by atoms with Crippen LogP contribution in [0.2, 0.25) is 0 Å². The summed E-state index contributed by atoms with van der Waals surface area (Å²) in [5.74, 6) is -0.740. The lowest BCUT2D eigenvalue weighted by molar-refractivity contribution is -0.144. The molecule has 1 amide bonds. The monoisotopic (exact) mass is 387 g/mol. The van der Waals surface area contributed by atoms with E-state index in [2.05, 4.69) is 15.9 Å². The van der Waals surface area contributed by atoms with Crippen molar-refractivity contribution in [1.82, 2.24) is 4.90 Å². The topological polar surface area (TPSA) is 74.7 Å². The number of amides is 1. The van der Waals surface area contributed by atoms with Crippen molar-refractivity contribution in [2.45, 2.75) is 36.6 Å². The van der Waals surface area contributed by atoms with Gasteiger partial charge in [0, 0.05) is 27.6 Å². The summed E-state index contributed by atoms with van der Waals surface area (Å²) in [7, 11) is -1.14. The number of aliphatic carboxylic acids is 1. The fourth-order valence-electron chi connectivity index (χ4n) is 2.16. The number of hydrogen-bond acceptors (Lipinski definition) is 3. The van der Waals surface area contributed by atoms with Crippen LogP contribution < -0.4 is 0 Å². The van der Waals surface area contributed by atoms with Crippen molar-refractivity contribution >= 4 is 38.6 Å². The van der Waals surface area contributed by atoms with Gasteiger partial charge in [-0.15, -0.1) is 0 Å². The average Bonchev–Trinajstić information content (AvgIpc) is 3.29. The fourth-order valence-corrected chi connectivity index (χ4v) is 3.50. The fraction of sp³-hybridized carbons (Fsp3) is 0.467. The largest absolute Gasteiger partial charge is 0.480 e. The number of carbonyl (C=O) groups excluding carboxylic acids is 1. The van der Waals surface area contributed by atoms with Crippen LogP contribution in [0.25, 0.3) is 0 Å². The minimum absolute atomic E-state index is 0.0839. The van der Waals surface area contributed by atoms with Crippen LogP contribution >= 0.6 is 15.9 Å². The molecule has 1 aliphatic carbocycles. The van der Waals surface area contributed by atoms with Gasteiger partial charge >= 0.3 is 5.97 Å². The second-order valence-electron chi connectivity index (χ2n) is 5.25. The van der Waals surface area contributed by atoms with E-state index >= 15 is 0 Å². The number of carbonyl (C=O) groups is 2. The van der Waals surface area contributed by atoms with Gasteiger partial charge in [-0.3, -0.25) is 13.8 Å². The Morgan fingerprint density at radius 3 is 2.45 bits per heavy atom. The van der Waals surface area contributed by atoms with Crippen molar-refractivity contribution in [3.8, 4) is 0 Å². The minimum atomic E-state index is -1.14. The molecule has 0 aromatic heterocycles. The maximum absolute atomic E-state index is 12.1. The zero-order valence-corrected chi connectivity index (χ0v) is 14.4. The van der Waals surface area contributed by atoms with Gasteiger partial charge in [0.05, 0.1) is 10.8 Å². The van der Waals surface area contributed by atoms with Gasteiger partial charge < -0.3 is 10.0 Å². The molecule has 120 valence electrons. The van der Waals surface area contributed by atoms with Crippen molar-refractivity contribution in [3.05, 3.63) is 28.7 Å². The van der Waals surface area contributed by atoms with Crippen LogP contribution in [-0.4, -0.2) is 44.4 Å². The number of halogens is 1. The summed E-state index contributed by atoms with van der Waals surface area (Å²) >= 11 is 3.32. The van der Waals surface area contributed by atoms with Gasteiger partial charge in [0.15, 0.2) is 0 Å². The SMILES string of the molecule is O=C(O)CN(C(=O)CCCS(=O)c1ccc(Br)cc1)C1CC1. The third-order valence-corrected chi connectivity index (χ3v) is 5.40. The molecular weight excluding hydrogens is 370 g/mol. The molecule has 0 saturated heterocycles. The third-order valence-electron chi connectivity index (χ3n) is 3.41. The predicted molar refractivity (Wildman–Crippen MR) is 87.0 cm³/mol. The minimum Gasteiger partial charge on any atom is -0.480 e. The number of hydrogen-bond donors (Lipinski definition) is 1. The summed E-state index contributed by atoms with van der Waals surface area (Å²) < 4.78 is 13.0. The first-order valence-electron chi connectivity index (χ1n) is 7.12. The Morgan fingerprint density at radius 2 is 1.91 bits per heavy atom. The summed E-state index contributed by atoms with van der Waals surface area (Å²) in [5, 5.41) is 8.85. The first-order valence-corrected chi connectivity index (χ1v) is 9.24. The molecule has 1 fully saturated rings. The number of carboxylic acids is 1. The highest BCUT2D eigenvalue weighted by Gasteiger charge is 2.33. The molecule has 0 bridgehead atoms. The van der Waals surface area contributed by atoms with Crippen LogP contribution in [0.5, 0.6) is 0 Å². The normalized spacial score (nSPS) is 15.3. The second kappa shape index (κ2) is 7.87. The summed E-state index contributed by atoms with van der Waals surface area (Å²) in [4.78, 5) is 25.0. The van der Waals surface area contributed by atoms with Gasteiger partial charge in [0.1, 0.15) is 6.54 Å². The highest BCUT2D eigenvalue weighted by molar-refractivity contribution is 9.10. The Kier molecular flexibility index (Phi) is 6.14. The molecule has 1 aromatic carbocycles. The van der Waals surface area contributed by atoms with Gasteiger partial charge in [-0.05, 0) is 43.5 Å². The molecule has 1 aromatic rings. The maximum Gasteiger partial charge on any atom is 0.323 e.